The molecule has 0 spiro atoms. The molecule has 3 rings (SSSR count). The largest absolute Gasteiger partial charge is 0.404 e. The fourth-order valence-electron chi connectivity index (χ4n) is 3.98. The molecule has 9 nitrogen and oxygen atoms in total. The Morgan fingerprint density at radius 1 is 1.32 bits per heavy atom. The van der Waals surface area contributed by atoms with Crippen molar-refractivity contribution in [3.05, 3.63) is 70.8 Å². The number of likely N-dealkylation sites (tertiary alicyclic amines) is 1. The van der Waals surface area contributed by atoms with Gasteiger partial charge in [-0.3, -0.25) is 4.99 Å². The van der Waals surface area contributed by atoms with E-state index in [1.807, 2.05) is 44.7 Å². The predicted molar refractivity (Wildman–Crippen MR) is 139 cm³/mol. The molecule has 184 valence electrons. The van der Waals surface area contributed by atoms with Gasteiger partial charge in [0.15, 0.2) is 0 Å². The Hall–Kier alpha value is -3.30. The zero-order chi connectivity index (χ0) is 24.8. The Kier molecular flexibility index (Phi) is 8.36. The number of fused-ring (bicyclic) bond motifs is 1. The minimum atomic E-state index is -0.0934. The van der Waals surface area contributed by atoms with E-state index >= 15 is 0 Å². The van der Waals surface area contributed by atoms with Crippen molar-refractivity contribution in [2.75, 3.05) is 40.8 Å². The van der Waals surface area contributed by atoms with Crippen LogP contribution < -0.4 is 22.1 Å². The predicted octanol–water partition coefficient (Wildman–Crippen LogP) is 1.38. The number of nitrogens with zero attached hydrogens (tertiary/aromatic N) is 3. The number of likely N-dealkylation sites (N-methyl/N-ethyl adjacent to an activating group) is 2. The first-order valence-electron chi connectivity index (χ1n) is 11.6. The topological polar surface area (TPSA) is 128 Å². The van der Waals surface area contributed by atoms with Crippen molar-refractivity contribution in [1.82, 2.24) is 20.4 Å². The molecule has 3 heterocycles. The highest BCUT2D eigenvalue weighted by Gasteiger charge is 2.28. The molecule has 0 aromatic rings. The second kappa shape index (κ2) is 11.2. The number of rotatable bonds is 10. The molecule has 7 N–H and O–H groups in total. The Morgan fingerprint density at radius 2 is 2.06 bits per heavy atom. The van der Waals surface area contributed by atoms with Gasteiger partial charge in [-0.15, -0.1) is 0 Å². The van der Waals surface area contributed by atoms with Crippen molar-refractivity contribution in [3.8, 4) is 0 Å². The molecule has 0 saturated carbocycles. The molecule has 0 bridgehead atoms. The van der Waals surface area contributed by atoms with Gasteiger partial charge in [-0.05, 0) is 49.0 Å². The maximum atomic E-state index is 8.62. The van der Waals surface area contributed by atoms with E-state index in [-0.39, 0.29) is 24.7 Å². The van der Waals surface area contributed by atoms with Crippen molar-refractivity contribution in [2.24, 2.45) is 22.4 Å². The number of ether oxygens (including phenoxy) is 1. The first kappa shape index (κ1) is 25.3. The van der Waals surface area contributed by atoms with E-state index in [1.54, 1.807) is 6.20 Å². The van der Waals surface area contributed by atoms with Gasteiger partial charge in [0.2, 0.25) is 0 Å². The molecule has 0 radical (unpaired) electrons. The molecule has 34 heavy (non-hydrogen) atoms. The second-order valence-electron chi connectivity index (χ2n) is 9.10. The van der Waals surface area contributed by atoms with Crippen molar-refractivity contribution >= 4 is 11.9 Å². The van der Waals surface area contributed by atoms with Crippen molar-refractivity contribution < 1.29 is 4.74 Å². The summed E-state index contributed by atoms with van der Waals surface area (Å²) in [6.45, 7) is 6.21. The van der Waals surface area contributed by atoms with Gasteiger partial charge < -0.3 is 42.0 Å². The van der Waals surface area contributed by atoms with Crippen LogP contribution in [0, 0.1) is 11.3 Å². The van der Waals surface area contributed by atoms with E-state index in [2.05, 4.69) is 52.4 Å². The van der Waals surface area contributed by atoms with Gasteiger partial charge in [-0.25, -0.2) is 0 Å². The Morgan fingerprint density at radius 3 is 2.68 bits per heavy atom. The standard InChI is InChI=1S/C25H38N8O/c1-16(2)17(10-26)9-24(28)31-25-7-6-22-23(33(25)5)8-18(11-30-22)20(12-29-3)21(27)15-34-19-13-32(4)14-19/h6-12,16,19,23,27,29,31H,13-15,26,28H2,1-5H3/b17-10+,20-12-,24-9+,27-21?. The van der Waals surface area contributed by atoms with Crippen LogP contribution >= 0.6 is 0 Å². The molecule has 9 heteroatoms. The molecule has 0 aliphatic carbocycles. The highest BCUT2D eigenvalue weighted by Crippen LogP contribution is 2.27. The molecule has 0 amide bonds. The monoisotopic (exact) mass is 466 g/mol. The van der Waals surface area contributed by atoms with Gasteiger partial charge in [0.1, 0.15) is 11.6 Å². The summed E-state index contributed by atoms with van der Waals surface area (Å²) in [5, 5.41) is 15.0. The van der Waals surface area contributed by atoms with Crippen LogP contribution in [0.4, 0.5) is 0 Å². The van der Waals surface area contributed by atoms with Gasteiger partial charge in [0.25, 0.3) is 0 Å². The molecule has 1 atom stereocenters. The Labute approximate surface area is 202 Å². The van der Waals surface area contributed by atoms with Gasteiger partial charge >= 0.3 is 0 Å². The SMILES string of the molecule is CN/C=C(\C(=N)COC1CN(C)C1)C1=CC2C(=CC=C(N/C(N)=C/C(=C\N)C(C)C)N2C)N=C1. The highest BCUT2D eigenvalue weighted by molar-refractivity contribution is 6.09. The van der Waals surface area contributed by atoms with Crippen LogP contribution in [0.5, 0.6) is 0 Å². The lowest BCUT2D eigenvalue weighted by Crippen LogP contribution is -2.50. The van der Waals surface area contributed by atoms with Crippen LogP contribution in [0.1, 0.15) is 13.8 Å². The third kappa shape index (κ3) is 5.98. The first-order valence-corrected chi connectivity index (χ1v) is 11.6. The minimum Gasteiger partial charge on any atom is -0.404 e. The van der Waals surface area contributed by atoms with Crippen LogP contribution in [-0.2, 0) is 4.74 Å². The first-order chi connectivity index (χ1) is 16.2. The second-order valence-corrected chi connectivity index (χ2v) is 9.10. The quantitative estimate of drug-likeness (QED) is 0.243. The van der Waals surface area contributed by atoms with Gasteiger partial charge in [-0.1, -0.05) is 13.8 Å². The van der Waals surface area contributed by atoms with Crippen LogP contribution in [-0.4, -0.2) is 74.7 Å². The van der Waals surface area contributed by atoms with Crippen molar-refractivity contribution in [1.29, 1.82) is 5.41 Å². The summed E-state index contributed by atoms with van der Waals surface area (Å²) in [5.74, 6) is 1.64. The van der Waals surface area contributed by atoms with Crippen molar-refractivity contribution in [3.63, 3.8) is 0 Å². The van der Waals surface area contributed by atoms with E-state index < -0.39 is 0 Å². The zero-order valence-corrected chi connectivity index (χ0v) is 20.8. The van der Waals surface area contributed by atoms with Gasteiger partial charge in [0, 0.05) is 50.7 Å². The van der Waals surface area contributed by atoms with Crippen LogP contribution in [0.25, 0.3) is 0 Å². The molecule has 1 saturated heterocycles. The maximum absolute atomic E-state index is 8.62. The lowest BCUT2D eigenvalue weighted by Gasteiger charge is -2.36. The summed E-state index contributed by atoms with van der Waals surface area (Å²) in [5.41, 5.74) is 15.9. The number of nitrogens with one attached hydrogen (secondary N) is 3. The van der Waals surface area contributed by atoms with Crippen LogP contribution in [0.15, 0.2) is 75.8 Å². The smallest absolute Gasteiger partial charge is 0.107 e. The van der Waals surface area contributed by atoms with E-state index in [4.69, 9.17) is 21.6 Å². The molecule has 0 aromatic heterocycles. The summed E-state index contributed by atoms with van der Waals surface area (Å²) >= 11 is 0. The Balaban J connectivity index is 1.73. The van der Waals surface area contributed by atoms with Crippen molar-refractivity contribution in [2.45, 2.75) is 26.0 Å². The fraction of sp³-hybridized carbons (Fsp3) is 0.440. The normalized spacial score (nSPS) is 22.1. The molecule has 3 aliphatic rings. The maximum Gasteiger partial charge on any atom is 0.107 e. The molecule has 1 unspecified atom stereocenters. The number of hydrogen-bond donors (Lipinski definition) is 5. The van der Waals surface area contributed by atoms with E-state index in [1.165, 1.54) is 0 Å². The van der Waals surface area contributed by atoms with E-state index in [9.17, 15) is 0 Å². The van der Waals surface area contributed by atoms with Crippen LogP contribution in [0.3, 0.4) is 0 Å². The molecule has 3 aliphatic heterocycles. The zero-order valence-electron chi connectivity index (χ0n) is 20.8. The summed E-state index contributed by atoms with van der Waals surface area (Å²) in [4.78, 5) is 8.94. The molecule has 1 fully saturated rings. The lowest BCUT2D eigenvalue weighted by molar-refractivity contribution is -0.0273. The highest BCUT2D eigenvalue weighted by atomic mass is 16.5. The number of hydrogen-bond acceptors (Lipinski definition) is 9. The Bertz CT molecular complexity index is 992. The van der Waals surface area contributed by atoms with Gasteiger partial charge in [0.05, 0.1) is 30.2 Å². The summed E-state index contributed by atoms with van der Waals surface area (Å²) in [7, 11) is 5.88. The average Bonchev–Trinajstić information content (AvgIpc) is 2.79. The van der Waals surface area contributed by atoms with Gasteiger partial charge in [-0.2, -0.15) is 0 Å². The summed E-state index contributed by atoms with van der Waals surface area (Å²) in [6.07, 6.45) is 13.3. The fourth-order valence-corrected chi connectivity index (χ4v) is 3.98. The number of aliphatic imine (C=N–C) groups is 1. The summed E-state index contributed by atoms with van der Waals surface area (Å²) in [6, 6.07) is -0.0934. The minimum absolute atomic E-state index is 0.0934. The lowest BCUT2D eigenvalue weighted by atomic mass is 9.96. The molecular formula is C25H38N8O. The third-order valence-corrected chi connectivity index (χ3v) is 6.07. The number of allylic oxidation sites excluding steroid dienone is 5. The van der Waals surface area contributed by atoms with E-state index in [0.717, 1.165) is 41.3 Å². The third-order valence-electron chi connectivity index (χ3n) is 6.07. The van der Waals surface area contributed by atoms with E-state index in [0.29, 0.717) is 11.5 Å². The number of dihydropyridines is 1. The molecular weight excluding hydrogens is 428 g/mol. The van der Waals surface area contributed by atoms with Crippen LogP contribution in [0.2, 0.25) is 0 Å². The summed E-state index contributed by atoms with van der Waals surface area (Å²) < 4.78 is 5.89. The molecule has 0 aromatic carbocycles. The number of nitrogens with two attached hydrogens (primary N) is 2. The average molecular weight is 467 g/mol.